The molecule has 1 N–H and O–H groups in total. The van der Waals surface area contributed by atoms with Gasteiger partial charge in [0, 0.05) is 30.9 Å². The summed E-state index contributed by atoms with van der Waals surface area (Å²) < 4.78 is 0. The summed E-state index contributed by atoms with van der Waals surface area (Å²) in [6.07, 6.45) is 2.12. The van der Waals surface area contributed by atoms with Gasteiger partial charge in [0.1, 0.15) is 0 Å². The van der Waals surface area contributed by atoms with Crippen molar-refractivity contribution in [3.8, 4) is 0 Å². The van der Waals surface area contributed by atoms with Crippen LogP contribution in [0.25, 0.3) is 0 Å². The third-order valence-electron chi connectivity index (χ3n) is 2.94. The fourth-order valence-electron chi connectivity index (χ4n) is 1.57. The summed E-state index contributed by atoms with van der Waals surface area (Å²) in [5.41, 5.74) is 1.08. The van der Waals surface area contributed by atoms with Crippen molar-refractivity contribution in [2.75, 3.05) is 24.0 Å². The first-order valence-electron chi connectivity index (χ1n) is 6.63. The van der Waals surface area contributed by atoms with Crippen molar-refractivity contribution in [2.45, 2.75) is 45.8 Å². The second-order valence-corrected chi connectivity index (χ2v) is 6.81. The maximum Gasteiger partial charge on any atom is 0.151 e. The van der Waals surface area contributed by atoms with Crippen LogP contribution in [0.4, 0.5) is 5.82 Å². The van der Waals surface area contributed by atoms with E-state index in [1.807, 2.05) is 23.9 Å². The van der Waals surface area contributed by atoms with E-state index in [0.29, 0.717) is 6.04 Å². The molecule has 1 rings (SSSR count). The molecule has 1 aromatic heterocycles. The number of aromatic nitrogens is 2. The van der Waals surface area contributed by atoms with Crippen LogP contribution in [-0.4, -0.2) is 40.8 Å². The first kappa shape index (κ1) is 16.2. The van der Waals surface area contributed by atoms with Gasteiger partial charge in [0.2, 0.25) is 0 Å². The van der Waals surface area contributed by atoms with E-state index in [4.69, 9.17) is 0 Å². The van der Waals surface area contributed by atoms with Crippen molar-refractivity contribution in [1.29, 1.82) is 0 Å². The van der Waals surface area contributed by atoms with Crippen molar-refractivity contribution in [3.05, 3.63) is 17.8 Å². The van der Waals surface area contributed by atoms with Gasteiger partial charge in [0.05, 0.1) is 5.69 Å². The normalized spacial score (nSPS) is 13.4. The average Bonchev–Trinajstić information content (AvgIpc) is 2.35. The largest absolute Gasteiger partial charge is 0.355 e. The van der Waals surface area contributed by atoms with Crippen molar-refractivity contribution in [1.82, 2.24) is 15.5 Å². The summed E-state index contributed by atoms with van der Waals surface area (Å²) in [6.45, 7) is 9.39. The second-order valence-electron chi connectivity index (χ2n) is 5.90. The van der Waals surface area contributed by atoms with Gasteiger partial charge in [-0.1, -0.05) is 0 Å². The molecule has 1 heterocycles. The van der Waals surface area contributed by atoms with Crippen LogP contribution in [0.2, 0.25) is 0 Å². The standard InChI is InChI=1S/C14H26N4S/c1-11(10-19-6)18(5)13-8-7-12(16-17-13)9-15-14(2,3)4/h7-8,11,15H,9-10H2,1-6H3. The molecule has 0 aliphatic carbocycles. The molecule has 0 fully saturated rings. The van der Waals surface area contributed by atoms with Crippen molar-refractivity contribution < 1.29 is 0 Å². The van der Waals surface area contributed by atoms with Gasteiger partial charge in [-0.3, -0.25) is 0 Å². The number of rotatable bonds is 6. The minimum atomic E-state index is 0.101. The highest BCUT2D eigenvalue weighted by atomic mass is 32.2. The van der Waals surface area contributed by atoms with Crippen LogP contribution in [0.15, 0.2) is 12.1 Å². The van der Waals surface area contributed by atoms with E-state index in [0.717, 1.165) is 23.8 Å². The topological polar surface area (TPSA) is 41.0 Å². The number of thioether (sulfide) groups is 1. The van der Waals surface area contributed by atoms with E-state index >= 15 is 0 Å². The number of nitrogens with one attached hydrogen (secondary N) is 1. The van der Waals surface area contributed by atoms with Gasteiger partial charge in [0.15, 0.2) is 5.82 Å². The molecule has 0 spiro atoms. The quantitative estimate of drug-likeness (QED) is 0.868. The highest BCUT2D eigenvalue weighted by molar-refractivity contribution is 7.98. The van der Waals surface area contributed by atoms with E-state index in [9.17, 15) is 0 Å². The molecule has 0 aliphatic heterocycles. The Morgan fingerprint density at radius 1 is 1.32 bits per heavy atom. The smallest absolute Gasteiger partial charge is 0.151 e. The third kappa shape index (κ3) is 5.78. The minimum absolute atomic E-state index is 0.101. The Morgan fingerprint density at radius 3 is 2.47 bits per heavy atom. The summed E-state index contributed by atoms with van der Waals surface area (Å²) >= 11 is 1.85. The Morgan fingerprint density at radius 2 is 2.00 bits per heavy atom. The van der Waals surface area contributed by atoms with Gasteiger partial charge in [0.25, 0.3) is 0 Å². The second kappa shape index (κ2) is 7.10. The van der Waals surface area contributed by atoms with Gasteiger partial charge in [-0.25, -0.2) is 0 Å². The highest BCUT2D eigenvalue weighted by Gasteiger charge is 2.12. The van der Waals surface area contributed by atoms with Gasteiger partial charge in [-0.05, 0) is 46.1 Å². The van der Waals surface area contributed by atoms with Gasteiger partial charge in [-0.2, -0.15) is 16.9 Å². The third-order valence-corrected chi connectivity index (χ3v) is 3.75. The van der Waals surface area contributed by atoms with E-state index in [1.54, 1.807) is 0 Å². The molecular weight excluding hydrogens is 256 g/mol. The zero-order valence-corrected chi connectivity index (χ0v) is 13.7. The molecule has 0 amide bonds. The zero-order valence-electron chi connectivity index (χ0n) is 12.9. The molecule has 0 saturated carbocycles. The fraction of sp³-hybridized carbons (Fsp3) is 0.714. The Kier molecular flexibility index (Phi) is 6.07. The van der Waals surface area contributed by atoms with Crippen LogP contribution in [0.3, 0.4) is 0 Å². The summed E-state index contributed by atoms with van der Waals surface area (Å²) in [7, 11) is 2.07. The Labute approximate surface area is 121 Å². The van der Waals surface area contributed by atoms with E-state index in [1.165, 1.54) is 0 Å². The predicted octanol–water partition coefficient (Wildman–Crippen LogP) is 2.55. The van der Waals surface area contributed by atoms with Gasteiger partial charge in [-0.15, -0.1) is 5.10 Å². The number of nitrogens with zero attached hydrogens (tertiary/aromatic N) is 3. The summed E-state index contributed by atoms with van der Waals surface area (Å²) in [5, 5.41) is 12.0. The molecule has 0 saturated heterocycles. The zero-order chi connectivity index (χ0) is 14.5. The van der Waals surface area contributed by atoms with Crippen molar-refractivity contribution in [3.63, 3.8) is 0 Å². The van der Waals surface area contributed by atoms with E-state index in [2.05, 4.69) is 61.4 Å². The van der Waals surface area contributed by atoms with Crippen LogP contribution in [0.5, 0.6) is 0 Å². The Bertz CT molecular complexity index is 372. The molecule has 0 bridgehead atoms. The summed E-state index contributed by atoms with van der Waals surface area (Å²) in [6, 6.07) is 4.55. The minimum Gasteiger partial charge on any atom is -0.355 e. The van der Waals surface area contributed by atoms with E-state index in [-0.39, 0.29) is 5.54 Å². The maximum absolute atomic E-state index is 4.31. The van der Waals surface area contributed by atoms with Crippen LogP contribution in [0, 0.1) is 0 Å². The molecule has 1 unspecified atom stereocenters. The van der Waals surface area contributed by atoms with Crippen molar-refractivity contribution >= 4 is 17.6 Å². The molecule has 0 aliphatic rings. The average molecular weight is 282 g/mol. The lowest BCUT2D eigenvalue weighted by Crippen LogP contribution is -2.35. The van der Waals surface area contributed by atoms with Gasteiger partial charge < -0.3 is 10.2 Å². The molecule has 1 atom stereocenters. The molecule has 19 heavy (non-hydrogen) atoms. The predicted molar refractivity (Wildman–Crippen MR) is 84.9 cm³/mol. The monoisotopic (exact) mass is 282 g/mol. The van der Waals surface area contributed by atoms with E-state index < -0.39 is 0 Å². The SMILES string of the molecule is CSCC(C)N(C)c1ccc(CNC(C)(C)C)nn1. The molecule has 108 valence electrons. The Hall–Kier alpha value is -0.810. The van der Waals surface area contributed by atoms with Crippen LogP contribution in [0.1, 0.15) is 33.4 Å². The maximum atomic E-state index is 4.31. The molecular formula is C14H26N4S. The Balaban J connectivity index is 2.60. The van der Waals surface area contributed by atoms with Gasteiger partial charge >= 0.3 is 0 Å². The highest BCUT2D eigenvalue weighted by Crippen LogP contribution is 2.13. The number of anilines is 1. The summed E-state index contributed by atoms with van der Waals surface area (Å²) in [5.74, 6) is 2.02. The lowest BCUT2D eigenvalue weighted by molar-refractivity contribution is 0.420. The number of hydrogen-bond acceptors (Lipinski definition) is 5. The first-order chi connectivity index (χ1) is 8.83. The lowest BCUT2D eigenvalue weighted by Gasteiger charge is -2.25. The van der Waals surface area contributed by atoms with Crippen molar-refractivity contribution in [2.24, 2.45) is 0 Å². The van der Waals surface area contributed by atoms with Crippen LogP contribution in [-0.2, 0) is 6.54 Å². The molecule has 4 nitrogen and oxygen atoms in total. The van der Waals surface area contributed by atoms with Crippen LogP contribution < -0.4 is 10.2 Å². The molecule has 1 aromatic rings. The molecule has 0 radical (unpaired) electrons. The van der Waals surface area contributed by atoms with Crippen LogP contribution >= 0.6 is 11.8 Å². The fourth-order valence-corrected chi connectivity index (χ4v) is 2.28. The molecule has 0 aromatic carbocycles. The summed E-state index contributed by atoms with van der Waals surface area (Å²) in [4.78, 5) is 2.17. The number of hydrogen-bond donors (Lipinski definition) is 1. The lowest BCUT2D eigenvalue weighted by atomic mass is 10.1. The first-order valence-corrected chi connectivity index (χ1v) is 8.02. The molecule has 5 heteroatoms.